The predicted octanol–water partition coefficient (Wildman–Crippen LogP) is 4.76. The molecule has 0 unspecified atom stereocenters. The van der Waals surface area contributed by atoms with Crippen molar-refractivity contribution in [2.24, 2.45) is 0 Å². The number of hydrogen-bond acceptors (Lipinski definition) is 7. The summed E-state index contributed by atoms with van der Waals surface area (Å²) >= 11 is 6.09. The third-order valence-electron chi connectivity index (χ3n) is 6.24. The van der Waals surface area contributed by atoms with Gasteiger partial charge in [-0.15, -0.1) is 5.10 Å². The van der Waals surface area contributed by atoms with E-state index >= 15 is 0 Å². The number of nitrogen functional groups attached to an aromatic ring is 1. The highest BCUT2D eigenvalue weighted by atomic mass is 35.5. The number of halogens is 2. The summed E-state index contributed by atoms with van der Waals surface area (Å²) in [4.78, 5) is 11.8. The second-order valence-corrected chi connectivity index (χ2v) is 8.95. The maximum atomic E-state index is 13.9. The van der Waals surface area contributed by atoms with Crippen LogP contribution in [0.25, 0.3) is 28.0 Å². The van der Waals surface area contributed by atoms with E-state index in [1.165, 1.54) is 25.3 Å². The molecule has 0 amide bonds. The highest BCUT2D eigenvalue weighted by molar-refractivity contribution is 6.31. The SMILES string of the molecule is COc1ccc(-n2nc3nc(NCCN4CCCCC4)nc(-c4ccc(F)c(Cl)c4)c3c2N)cc1. The van der Waals surface area contributed by atoms with Crippen molar-refractivity contribution >= 4 is 34.4 Å². The molecule has 0 spiro atoms. The van der Waals surface area contributed by atoms with Gasteiger partial charge in [-0.1, -0.05) is 18.0 Å². The van der Waals surface area contributed by atoms with Gasteiger partial charge in [0.2, 0.25) is 5.95 Å². The second-order valence-electron chi connectivity index (χ2n) is 8.55. The lowest BCUT2D eigenvalue weighted by Gasteiger charge is -2.26. The quantitative estimate of drug-likeness (QED) is 0.381. The first kappa shape index (κ1) is 23.3. The highest BCUT2D eigenvalue weighted by Gasteiger charge is 2.20. The van der Waals surface area contributed by atoms with E-state index in [1.807, 2.05) is 24.3 Å². The van der Waals surface area contributed by atoms with Crippen LogP contribution in [0.15, 0.2) is 42.5 Å². The van der Waals surface area contributed by atoms with Crippen molar-refractivity contribution in [3.63, 3.8) is 0 Å². The van der Waals surface area contributed by atoms with E-state index in [1.54, 1.807) is 23.9 Å². The Morgan fingerprint density at radius 1 is 1.09 bits per heavy atom. The van der Waals surface area contributed by atoms with Gasteiger partial charge in [-0.3, -0.25) is 0 Å². The zero-order chi connectivity index (χ0) is 24.4. The molecule has 3 N–H and O–H groups in total. The van der Waals surface area contributed by atoms with Crippen LogP contribution in [-0.4, -0.2) is 57.9 Å². The topological polar surface area (TPSA) is 94.1 Å². The van der Waals surface area contributed by atoms with Crippen LogP contribution in [0.5, 0.6) is 5.75 Å². The number of rotatable bonds is 7. The monoisotopic (exact) mass is 495 g/mol. The summed E-state index contributed by atoms with van der Waals surface area (Å²) in [6.07, 6.45) is 3.77. The molecule has 0 atom stereocenters. The summed E-state index contributed by atoms with van der Waals surface area (Å²) in [7, 11) is 1.61. The van der Waals surface area contributed by atoms with Crippen LogP contribution in [0.2, 0.25) is 5.02 Å². The molecular weight excluding hydrogens is 469 g/mol. The van der Waals surface area contributed by atoms with Gasteiger partial charge in [0.1, 0.15) is 17.4 Å². The zero-order valence-corrected chi connectivity index (χ0v) is 20.2. The summed E-state index contributed by atoms with van der Waals surface area (Å²) < 4.78 is 20.8. The smallest absolute Gasteiger partial charge is 0.225 e. The number of anilines is 2. The Labute approximate surface area is 207 Å². The van der Waals surface area contributed by atoms with Crippen LogP contribution in [0, 0.1) is 5.82 Å². The lowest BCUT2D eigenvalue weighted by Crippen LogP contribution is -2.33. The lowest BCUT2D eigenvalue weighted by atomic mass is 10.1. The number of methoxy groups -OCH3 is 1. The summed E-state index contributed by atoms with van der Waals surface area (Å²) in [5.41, 5.74) is 8.90. The summed E-state index contributed by atoms with van der Waals surface area (Å²) in [5.74, 6) is 1.04. The number of ether oxygens (including phenoxy) is 1. The lowest BCUT2D eigenvalue weighted by molar-refractivity contribution is 0.237. The van der Waals surface area contributed by atoms with Crippen molar-refractivity contribution in [2.45, 2.75) is 19.3 Å². The number of benzene rings is 2. The van der Waals surface area contributed by atoms with E-state index in [2.05, 4.69) is 20.3 Å². The first-order valence-corrected chi connectivity index (χ1v) is 12.0. The molecule has 182 valence electrons. The molecule has 35 heavy (non-hydrogen) atoms. The number of nitrogens with zero attached hydrogens (tertiary/aromatic N) is 5. The average Bonchev–Trinajstić information content (AvgIpc) is 3.22. The molecule has 0 aliphatic carbocycles. The van der Waals surface area contributed by atoms with Crippen LogP contribution in [-0.2, 0) is 0 Å². The first-order valence-electron chi connectivity index (χ1n) is 11.7. The summed E-state index contributed by atoms with van der Waals surface area (Å²) in [5, 5.41) is 8.57. The minimum atomic E-state index is -0.498. The number of likely N-dealkylation sites (tertiary alicyclic amines) is 1. The standard InChI is InChI=1S/C25H27ClFN7O/c1-35-18-8-6-17(7-9-18)34-23(28)21-22(16-5-10-20(27)19(26)15-16)30-25(31-24(21)32-34)29-11-14-33-12-3-2-4-13-33/h5-10,15H,2-4,11-14,28H2,1H3,(H,29,31,32). The normalized spacial score (nSPS) is 14.4. The number of hydrogen-bond donors (Lipinski definition) is 2. The van der Waals surface area contributed by atoms with Gasteiger partial charge in [0, 0.05) is 18.7 Å². The molecule has 4 aromatic rings. The van der Waals surface area contributed by atoms with E-state index in [-0.39, 0.29) is 5.02 Å². The molecule has 0 radical (unpaired) electrons. The summed E-state index contributed by atoms with van der Waals surface area (Å²) in [6, 6.07) is 11.9. The number of nitrogens with one attached hydrogen (secondary N) is 1. The van der Waals surface area contributed by atoms with Gasteiger partial charge in [-0.25, -0.2) is 14.1 Å². The zero-order valence-electron chi connectivity index (χ0n) is 19.5. The molecule has 3 heterocycles. The van der Waals surface area contributed by atoms with E-state index < -0.39 is 5.82 Å². The second kappa shape index (κ2) is 10.1. The maximum Gasteiger partial charge on any atom is 0.225 e. The van der Waals surface area contributed by atoms with Crippen molar-refractivity contribution in [1.82, 2.24) is 24.6 Å². The van der Waals surface area contributed by atoms with E-state index in [0.29, 0.717) is 40.6 Å². The highest BCUT2D eigenvalue weighted by Crippen LogP contribution is 2.34. The van der Waals surface area contributed by atoms with Gasteiger partial charge < -0.3 is 20.7 Å². The van der Waals surface area contributed by atoms with Gasteiger partial charge in [0.15, 0.2) is 5.65 Å². The van der Waals surface area contributed by atoms with E-state index in [4.69, 9.17) is 27.1 Å². The van der Waals surface area contributed by atoms with Gasteiger partial charge in [-0.05, 0) is 68.4 Å². The molecule has 2 aromatic heterocycles. The van der Waals surface area contributed by atoms with Crippen LogP contribution < -0.4 is 15.8 Å². The van der Waals surface area contributed by atoms with Gasteiger partial charge in [-0.2, -0.15) is 4.98 Å². The minimum Gasteiger partial charge on any atom is -0.497 e. The molecule has 1 aliphatic rings. The van der Waals surface area contributed by atoms with E-state index in [0.717, 1.165) is 31.1 Å². The summed E-state index contributed by atoms with van der Waals surface area (Å²) in [6.45, 7) is 3.83. The number of piperidine rings is 1. The van der Waals surface area contributed by atoms with Crippen molar-refractivity contribution in [1.29, 1.82) is 0 Å². The average molecular weight is 496 g/mol. The fourth-order valence-electron chi connectivity index (χ4n) is 4.37. The Morgan fingerprint density at radius 3 is 2.57 bits per heavy atom. The van der Waals surface area contributed by atoms with Crippen molar-refractivity contribution < 1.29 is 9.13 Å². The first-order chi connectivity index (χ1) is 17.0. The van der Waals surface area contributed by atoms with Crippen molar-refractivity contribution in [2.75, 3.05) is 44.3 Å². The molecule has 1 saturated heterocycles. The molecule has 10 heteroatoms. The van der Waals surface area contributed by atoms with E-state index in [9.17, 15) is 4.39 Å². The fourth-order valence-corrected chi connectivity index (χ4v) is 4.55. The third kappa shape index (κ3) is 4.87. The van der Waals surface area contributed by atoms with Gasteiger partial charge in [0.05, 0.1) is 28.9 Å². The van der Waals surface area contributed by atoms with Gasteiger partial charge in [0.25, 0.3) is 0 Å². The Hall–Kier alpha value is -3.43. The fraction of sp³-hybridized carbons (Fsp3) is 0.320. The van der Waals surface area contributed by atoms with Crippen LogP contribution in [0.3, 0.4) is 0 Å². The molecule has 1 fully saturated rings. The molecule has 8 nitrogen and oxygen atoms in total. The molecule has 5 rings (SSSR count). The number of aromatic nitrogens is 4. The van der Waals surface area contributed by atoms with Gasteiger partial charge >= 0.3 is 0 Å². The Morgan fingerprint density at radius 2 is 1.86 bits per heavy atom. The molecule has 1 aliphatic heterocycles. The Kier molecular flexibility index (Phi) is 6.70. The van der Waals surface area contributed by atoms with Crippen molar-refractivity contribution in [3.8, 4) is 22.7 Å². The largest absolute Gasteiger partial charge is 0.497 e. The van der Waals surface area contributed by atoms with Crippen LogP contribution >= 0.6 is 11.6 Å². The van der Waals surface area contributed by atoms with Crippen LogP contribution in [0.4, 0.5) is 16.2 Å². The maximum absolute atomic E-state index is 13.9. The molecular formula is C25H27ClFN7O. The van der Waals surface area contributed by atoms with Crippen molar-refractivity contribution in [3.05, 3.63) is 53.3 Å². The number of fused-ring (bicyclic) bond motifs is 1. The number of nitrogens with two attached hydrogens (primary N) is 1. The Bertz CT molecular complexity index is 1340. The molecule has 0 saturated carbocycles. The third-order valence-corrected chi connectivity index (χ3v) is 6.53. The van der Waals surface area contributed by atoms with Crippen LogP contribution in [0.1, 0.15) is 19.3 Å². The minimum absolute atomic E-state index is 0.00925. The Balaban J connectivity index is 1.54. The molecule has 0 bridgehead atoms. The predicted molar refractivity (Wildman–Crippen MR) is 137 cm³/mol. The molecule has 2 aromatic carbocycles.